The van der Waals surface area contributed by atoms with Crippen LogP contribution in [0.4, 0.5) is 0 Å². The smallest absolute Gasteiger partial charge is 0.306 e. The summed E-state index contributed by atoms with van der Waals surface area (Å²) < 4.78 is 16.4. The molecule has 0 N–H and O–H groups in total. The molecule has 2 rings (SSSR count). The molecule has 0 radical (unpaired) electrons. The Labute approximate surface area is 204 Å². The van der Waals surface area contributed by atoms with Crippen molar-refractivity contribution in [3.05, 3.63) is 60.2 Å². The van der Waals surface area contributed by atoms with Gasteiger partial charge in [-0.2, -0.15) is 0 Å². The maximum absolute atomic E-state index is 12.0. The van der Waals surface area contributed by atoms with E-state index in [2.05, 4.69) is 13.8 Å². The summed E-state index contributed by atoms with van der Waals surface area (Å²) in [4.78, 5) is 23.7. The normalized spacial score (nSPS) is 10.8. The van der Waals surface area contributed by atoms with Crippen LogP contribution in [0.15, 0.2) is 54.6 Å². The Morgan fingerprint density at radius 1 is 0.676 bits per heavy atom. The first kappa shape index (κ1) is 27.4. The second-order valence-electron chi connectivity index (χ2n) is 9.10. The first-order valence-electron chi connectivity index (χ1n) is 12.7. The second-order valence-corrected chi connectivity index (χ2v) is 9.10. The number of benzene rings is 2. The molecule has 0 bridgehead atoms. The standard InChI is InChI=1S/C29H40O5/c1-24(2)13-12-22-32-28(30)16-10-5-3-4-6-11-17-29(31)33-23-25-18-20-27(21-19-25)34-26-14-8-7-9-15-26/h7-9,14-15,18-21,24H,3-6,10-13,16-17,22-23H2,1-2H3. The van der Waals surface area contributed by atoms with Gasteiger partial charge >= 0.3 is 11.9 Å². The minimum atomic E-state index is -0.162. The van der Waals surface area contributed by atoms with E-state index in [1.165, 1.54) is 0 Å². The number of carbonyl (C=O) groups is 2. The summed E-state index contributed by atoms with van der Waals surface area (Å²) in [5.74, 6) is 1.95. The summed E-state index contributed by atoms with van der Waals surface area (Å²) >= 11 is 0. The zero-order valence-corrected chi connectivity index (χ0v) is 20.8. The summed E-state index contributed by atoms with van der Waals surface area (Å²) in [7, 11) is 0. The van der Waals surface area contributed by atoms with Crippen LogP contribution in [0.5, 0.6) is 11.5 Å². The first-order valence-corrected chi connectivity index (χ1v) is 12.7. The van der Waals surface area contributed by atoms with Crippen molar-refractivity contribution in [3.8, 4) is 11.5 Å². The molecule has 0 aliphatic rings. The van der Waals surface area contributed by atoms with E-state index in [4.69, 9.17) is 14.2 Å². The summed E-state index contributed by atoms with van der Waals surface area (Å²) in [6, 6.07) is 17.2. The van der Waals surface area contributed by atoms with Gasteiger partial charge in [-0.05, 0) is 61.4 Å². The molecule has 2 aromatic carbocycles. The van der Waals surface area contributed by atoms with Gasteiger partial charge in [0.2, 0.25) is 0 Å². The molecule has 0 amide bonds. The number of rotatable bonds is 17. The highest BCUT2D eigenvalue weighted by molar-refractivity contribution is 5.69. The Kier molecular flexibility index (Phi) is 13.5. The van der Waals surface area contributed by atoms with Gasteiger partial charge in [-0.15, -0.1) is 0 Å². The van der Waals surface area contributed by atoms with Crippen molar-refractivity contribution in [1.82, 2.24) is 0 Å². The zero-order chi connectivity index (χ0) is 24.4. The number of hydrogen-bond donors (Lipinski definition) is 0. The van der Waals surface area contributed by atoms with E-state index >= 15 is 0 Å². The van der Waals surface area contributed by atoms with Crippen molar-refractivity contribution in [2.75, 3.05) is 6.61 Å². The number of esters is 2. The highest BCUT2D eigenvalue weighted by Crippen LogP contribution is 2.21. The van der Waals surface area contributed by atoms with Crippen molar-refractivity contribution < 1.29 is 23.8 Å². The van der Waals surface area contributed by atoms with Gasteiger partial charge in [0.1, 0.15) is 18.1 Å². The molecule has 0 heterocycles. The third-order valence-corrected chi connectivity index (χ3v) is 5.50. The topological polar surface area (TPSA) is 61.8 Å². The van der Waals surface area contributed by atoms with Crippen LogP contribution in [0.25, 0.3) is 0 Å². The fourth-order valence-corrected chi connectivity index (χ4v) is 3.51. The number of ether oxygens (including phenoxy) is 3. The zero-order valence-electron chi connectivity index (χ0n) is 20.8. The van der Waals surface area contributed by atoms with Gasteiger partial charge in [0, 0.05) is 12.8 Å². The number of carbonyl (C=O) groups excluding carboxylic acids is 2. The maximum Gasteiger partial charge on any atom is 0.306 e. The van der Waals surface area contributed by atoms with Crippen molar-refractivity contribution >= 4 is 11.9 Å². The first-order chi connectivity index (χ1) is 16.5. The average Bonchev–Trinajstić information content (AvgIpc) is 2.83. The Morgan fingerprint density at radius 2 is 1.24 bits per heavy atom. The maximum atomic E-state index is 12.0. The molecule has 0 unspecified atom stereocenters. The predicted octanol–water partition coefficient (Wildman–Crippen LogP) is 7.62. The van der Waals surface area contributed by atoms with Crippen LogP contribution in [0.2, 0.25) is 0 Å². The molecule has 34 heavy (non-hydrogen) atoms. The molecule has 5 nitrogen and oxygen atoms in total. The number of unbranched alkanes of at least 4 members (excludes halogenated alkanes) is 5. The van der Waals surface area contributed by atoms with Crippen LogP contribution in [0.3, 0.4) is 0 Å². The molecule has 0 aliphatic carbocycles. The lowest BCUT2D eigenvalue weighted by Crippen LogP contribution is -2.06. The molecule has 186 valence electrons. The molecule has 2 aromatic rings. The van der Waals surface area contributed by atoms with Crippen molar-refractivity contribution in [2.45, 2.75) is 84.7 Å². The van der Waals surface area contributed by atoms with Crippen LogP contribution in [-0.4, -0.2) is 18.5 Å². The van der Waals surface area contributed by atoms with E-state index in [1.807, 2.05) is 54.6 Å². The van der Waals surface area contributed by atoms with E-state index in [9.17, 15) is 9.59 Å². The van der Waals surface area contributed by atoms with Crippen LogP contribution >= 0.6 is 0 Å². The minimum absolute atomic E-state index is 0.0788. The van der Waals surface area contributed by atoms with E-state index < -0.39 is 0 Å². The van der Waals surface area contributed by atoms with Crippen molar-refractivity contribution in [2.24, 2.45) is 5.92 Å². The summed E-state index contributed by atoms with van der Waals surface area (Å²) in [5, 5.41) is 0. The lowest BCUT2D eigenvalue weighted by atomic mass is 10.1. The quantitative estimate of drug-likeness (QED) is 0.176. The fourth-order valence-electron chi connectivity index (χ4n) is 3.51. The molecule has 0 fully saturated rings. The average molecular weight is 469 g/mol. The molecular weight excluding hydrogens is 428 g/mol. The van der Waals surface area contributed by atoms with Gasteiger partial charge in [-0.1, -0.05) is 69.9 Å². The van der Waals surface area contributed by atoms with Crippen LogP contribution in [0.1, 0.15) is 83.6 Å². The summed E-state index contributed by atoms with van der Waals surface area (Å²) in [6.45, 7) is 5.17. The molecule has 0 spiro atoms. The molecule has 0 aliphatic heterocycles. The SMILES string of the molecule is CC(C)CCCOC(=O)CCCCCCCCC(=O)OCc1ccc(Oc2ccccc2)cc1. The van der Waals surface area contributed by atoms with Crippen LogP contribution < -0.4 is 4.74 Å². The van der Waals surface area contributed by atoms with Crippen molar-refractivity contribution in [1.29, 1.82) is 0 Å². The Balaban J connectivity index is 1.44. The highest BCUT2D eigenvalue weighted by Gasteiger charge is 2.06. The lowest BCUT2D eigenvalue weighted by Gasteiger charge is -2.08. The van der Waals surface area contributed by atoms with E-state index in [1.54, 1.807) is 0 Å². The third kappa shape index (κ3) is 13.0. The molecule has 0 saturated heterocycles. The number of hydrogen-bond acceptors (Lipinski definition) is 5. The van der Waals surface area contributed by atoms with Gasteiger partial charge in [0.05, 0.1) is 6.61 Å². The monoisotopic (exact) mass is 468 g/mol. The highest BCUT2D eigenvalue weighted by atomic mass is 16.5. The fraction of sp³-hybridized carbons (Fsp3) is 0.517. The Morgan fingerprint density at radius 3 is 1.85 bits per heavy atom. The molecule has 0 atom stereocenters. The molecule has 5 heteroatoms. The summed E-state index contributed by atoms with van der Waals surface area (Å²) in [5.41, 5.74) is 0.937. The Hall–Kier alpha value is -2.82. The molecule has 0 saturated carbocycles. The molecular formula is C29H40O5. The predicted molar refractivity (Wildman–Crippen MR) is 135 cm³/mol. The number of para-hydroxylation sites is 1. The lowest BCUT2D eigenvalue weighted by molar-refractivity contribution is -0.145. The van der Waals surface area contributed by atoms with Gasteiger partial charge < -0.3 is 14.2 Å². The van der Waals surface area contributed by atoms with Gasteiger partial charge in [-0.3, -0.25) is 9.59 Å². The van der Waals surface area contributed by atoms with Crippen LogP contribution in [-0.2, 0) is 25.7 Å². The third-order valence-electron chi connectivity index (χ3n) is 5.50. The van der Waals surface area contributed by atoms with E-state index in [0.717, 1.165) is 68.4 Å². The van der Waals surface area contributed by atoms with Gasteiger partial charge in [0.25, 0.3) is 0 Å². The van der Waals surface area contributed by atoms with Gasteiger partial charge in [-0.25, -0.2) is 0 Å². The summed E-state index contributed by atoms with van der Waals surface area (Å²) in [6.07, 6.45) is 8.87. The minimum Gasteiger partial charge on any atom is -0.466 e. The van der Waals surface area contributed by atoms with Crippen molar-refractivity contribution in [3.63, 3.8) is 0 Å². The molecule has 0 aromatic heterocycles. The van der Waals surface area contributed by atoms with E-state index in [0.29, 0.717) is 25.4 Å². The second kappa shape index (κ2) is 16.7. The Bertz CT molecular complexity index is 814. The van der Waals surface area contributed by atoms with Crippen LogP contribution in [0, 0.1) is 5.92 Å². The largest absolute Gasteiger partial charge is 0.466 e. The van der Waals surface area contributed by atoms with E-state index in [-0.39, 0.29) is 18.5 Å². The van der Waals surface area contributed by atoms with Gasteiger partial charge in [0.15, 0.2) is 0 Å².